The first-order chi connectivity index (χ1) is 14.9. The first-order valence-electron chi connectivity index (χ1n) is 9.83. The van der Waals surface area contributed by atoms with E-state index in [9.17, 15) is 18.0 Å². The molecule has 2 N–H and O–H groups in total. The molecular formula is C22H21F3N4OS. The molecule has 2 heterocycles. The fraction of sp³-hybridized carbons (Fsp3) is 0.273. The number of nitrogens with one attached hydrogen (secondary N) is 2. The number of aromatic nitrogens is 1. The Hall–Kier alpha value is -2.91. The number of alkyl halides is 3. The van der Waals surface area contributed by atoms with Crippen molar-refractivity contribution in [3.63, 3.8) is 0 Å². The van der Waals surface area contributed by atoms with Crippen LogP contribution >= 0.6 is 11.3 Å². The molecule has 4 rings (SSSR count). The number of fused-ring (bicyclic) bond motifs is 1. The van der Waals surface area contributed by atoms with Crippen molar-refractivity contribution in [2.45, 2.75) is 25.7 Å². The van der Waals surface area contributed by atoms with Crippen LogP contribution in [0.3, 0.4) is 0 Å². The van der Waals surface area contributed by atoms with Gasteiger partial charge >= 0.3 is 6.18 Å². The zero-order valence-corrected chi connectivity index (χ0v) is 17.4. The van der Waals surface area contributed by atoms with Crippen LogP contribution in [0.25, 0.3) is 0 Å². The molecule has 0 bridgehead atoms. The van der Waals surface area contributed by atoms with Crippen LogP contribution in [0.2, 0.25) is 0 Å². The zero-order valence-electron chi connectivity index (χ0n) is 16.6. The molecule has 0 saturated carbocycles. The third-order valence-electron chi connectivity index (χ3n) is 4.95. The standard InChI is InChI=1S/C22H21F3N4OS/c23-22(24,25)16-7-4-8-17(11-16)26-12-20(30)28-21-27-18-9-10-29(14-19(18)31-21)13-15-5-2-1-3-6-15/h1-8,11,26H,9-10,12-14H2,(H,27,28,30). The van der Waals surface area contributed by atoms with Crippen LogP contribution in [0.1, 0.15) is 21.7 Å². The van der Waals surface area contributed by atoms with Crippen molar-refractivity contribution in [2.75, 3.05) is 23.7 Å². The minimum absolute atomic E-state index is 0.147. The molecule has 1 aromatic heterocycles. The van der Waals surface area contributed by atoms with E-state index in [1.165, 1.54) is 29.0 Å². The van der Waals surface area contributed by atoms with Gasteiger partial charge in [-0.15, -0.1) is 11.3 Å². The Kier molecular flexibility index (Phi) is 6.24. The van der Waals surface area contributed by atoms with Crippen molar-refractivity contribution in [1.82, 2.24) is 9.88 Å². The first kappa shape index (κ1) is 21.3. The van der Waals surface area contributed by atoms with Crippen molar-refractivity contribution >= 4 is 28.1 Å². The third-order valence-corrected chi connectivity index (χ3v) is 5.95. The number of nitrogens with zero attached hydrogens (tertiary/aromatic N) is 2. The summed E-state index contributed by atoms with van der Waals surface area (Å²) in [6.07, 6.45) is -3.61. The number of thiazole rings is 1. The largest absolute Gasteiger partial charge is 0.416 e. The summed E-state index contributed by atoms with van der Waals surface area (Å²) in [5.41, 5.74) is 1.73. The second-order valence-electron chi connectivity index (χ2n) is 7.32. The van der Waals surface area contributed by atoms with Crippen LogP contribution in [0.5, 0.6) is 0 Å². The summed E-state index contributed by atoms with van der Waals surface area (Å²) < 4.78 is 38.4. The predicted molar refractivity (Wildman–Crippen MR) is 115 cm³/mol. The van der Waals surface area contributed by atoms with Gasteiger partial charge in [0.25, 0.3) is 0 Å². The molecule has 0 spiro atoms. The van der Waals surface area contributed by atoms with Crippen molar-refractivity contribution in [3.8, 4) is 0 Å². The summed E-state index contributed by atoms with van der Waals surface area (Å²) in [5, 5.41) is 5.99. The molecular weight excluding hydrogens is 425 g/mol. The molecule has 3 aromatic rings. The van der Waals surface area contributed by atoms with E-state index in [0.717, 1.165) is 48.8 Å². The highest BCUT2D eigenvalue weighted by Crippen LogP contribution is 2.31. The summed E-state index contributed by atoms with van der Waals surface area (Å²) in [6, 6.07) is 15.0. The highest BCUT2D eigenvalue weighted by molar-refractivity contribution is 7.15. The summed E-state index contributed by atoms with van der Waals surface area (Å²) in [5.74, 6) is -0.357. The molecule has 0 unspecified atom stereocenters. The monoisotopic (exact) mass is 446 g/mol. The van der Waals surface area contributed by atoms with Crippen LogP contribution in [-0.2, 0) is 30.5 Å². The highest BCUT2D eigenvalue weighted by atomic mass is 32.1. The van der Waals surface area contributed by atoms with E-state index in [1.807, 2.05) is 18.2 Å². The van der Waals surface area contributed by atoms with E-state index >= 15 is 0 Å². The van der Waals surface area contributed by atoms with Crippen molar-refractivity contribution < 1.29 is 18.0 Å². The topological polar surface area (TPSA) is 57.3 Å². The van der Waals surface area contributed by atoms with Crippen LogP contribution < -0.4 is 10.6 Å². The summed E-state index contributed by atoms with van der Waals surface area (Å²) in [6.45, 7) is 2.39. The average Bonchev–Trinajstić information content (AvgIpc) is 3.14. The highest BCUT2D eigenvalue weighted by Gasteiger charge is 2.30. The van der Waals surface area contributed by atoms with Gasteiger partial charge in [0.2, 0.25) is 5.91 Å². The van der Waals surface area contributed by atoms with Crippen LogP contribution in [0.4, 0.5) is 24.0 Å². The maximum absolute atomic E-state index is 12.8. The number of hydrogen-bond donors (Lipinski definition) is 2. The van der Waals surface area contributed by atoms with E-state index in [2.05, 4.69) is 32.7 Å². The molecule has 9 heteroatoms. The van der Waals surface area contributed by atoms with Crippen LogP contribution in [-0.4, -0.2) is 28.9 Å². The van der Waals surface area contributed by atoms with E-state index < -0.39 is 11.7 Å². The zero-order chi connectivity index (χ0) is 21.8. The molecule has 1 aliphatic rings. The molecule has 0 saturated heterocycles. The Balaban J connectivity index is 1.31. The lowest BCUT2D eigenvalue weighted by Crippen LogP contribution is -2.29. The summed E-state index contributed by atoms with van der Waals surface area (Å²) in [7, 11) is 0. The second kappa shape index (κ2) is 9.07. The number of carbonyl (C=O) groups is 1. The van der Waals surface area contributed by atoms with Crippen molar-refractivity contribution in [1.29, 1.82) is 0 Å². The fourth-order valence-corrected chi connectivity index (χ4v) is 4.50. The Morgan fingerprint density at radius 2 is 1.94 bits per heavy atom. The van der Waals surface area contributed by atoms with E-state index in [1.54, 1.807) is 0 Å². The van der Waals surface area contributed by atoms with Gasteiger partial charge in [-0.2, -0.15) is 13.2 Å². The molecule has 1 amide bonds. The normalized spacial score (nSPS) is 14.2. The lowest BCUT2D eigenvalue weighted by molar-refractivity contribution is -0.137. The molecule has 31 heavy (non-hydrogen) atoms. The summed E-state index contributed by atoms with van der Waals surface area (Å²) >= 11 is 1.44. The number of rotatable bonds is 6. The van der Waals surface area contributed by atoms with Gasteiger partial charge in [-0.05, 0) is 23.8 Å². The number of amides is 1. The quantitative estimate of drug-likeness (QED) is 0.573. The Morgan fingerprint density at radius 1 is 1.13 bits per heavy atom. The predicted octanol–water partition coefficient (Wildman–Crippen LogP) is 4.77. The van der Waals surface area contributed by atoms with Gasteiger partial charge in [-0.3, -0.25) is 9.69 Å². The van der Waals surface area contributed by atoms with Gasteiger partial charge in [0, 0.05) is 36.6 Å². The van der Waals surface area contributed by atoms with Gasteiger partial charge in [-0.1, -0.05) is 36.4 Å². The van der Waals surface area contributed by atoms with Gasteiger partial charge in [-0.25, -0.2) is 4.98 Å². The molecule has 0 radical (unpaired) electrons. The van der Waals surface area contributed by atoms with Crippen molar-refractivity contribution in [3.05, 3.63) is 76.3 Å². The molecule has 0 fully saturated rings. The minimum atomic E-state index is -4.42. The van der Waals surface area contributed by atoms with Gasteiger partial charge < -0.3 is 10.6 Å². The van der Waals surface area contributed by atoms with Crippen molar-refractivity contribution in [2.24, 2.45) is 0 Å². The minimum Gasteiger partial charge on any atom is -0.376 e. The molecule has 5 nitrogen and oxygen atoms in total. The van der Waals surface area contributed by atoms with E-state index in [0.29, 0.717) is 5.13 Å². The maximum Gasteiger partial charge on any atom is 0.416 e. The molecule has 0 aliphatic carbocycles. The number of hydrogen-bond acceptors (Lipinski definition) is 5. The number of benzene rings is 2. The second-order valence-corrected chi connectivity index (χ2v) is 8.40. The van der Waals surface area contributed by atoms with Crippen LogP contribution in [0, 0.1) is 0 Å². The molecule has 2 aromatic carbocycles. The fourth-order valence-electron chi connectivity index (χ4n) is 3.43. The third kappa shape index (κ3) is 5.62. The molecule has 1 aliphatic heterocycles. The smallest absolute Gasteiger partial charge is 0.376 e. The van der Waals surface area contributed by atoms with E-state index in [-0.39, 0.29) is 18.1 Å². The molecule has 162 valence electrons. The Labute approximate surface area is 181 Å². The van der Waals surface area contributed by atoms with Gasteiger partial charge in [0.1, 0.15) is 0 Å². The average molecular weight is 446 g/mol. The summed E-state index contributed by atoms with van der Waals surface area (Å²) in [4.78, 5) is 20.2. The number of halogens is 3. The SMILES string of the molecule is O=C(CNc1cccc(C(F)(F)F)c1)Nc1nc2c(s1)CN(Cc1ccccc1)CC2. The molecule has 0 atom stereocenters. The lowest BCUT2D eigenvalue weighted by atomic mass is 10.1. The lowest BCUT2D eigenvalue weighted by Gasteiger charge is -2.25. The number of anilines is 2. The first-order valence-corrected chi connectivity index (χ1v) is 10.6. The maximum atomic E-state index is 12.8. The van der Waals surface area contributed by atoms with Gasteiger partial charge in [0.05, 0.1) is 17.8 Å². The van der Waals surface area contributed by atoms with E-state index in [4.69, 9.17) is 0 Å². The Bertz CT molecular complexity index is 1050. The van der Waals surface area contributed by atoms with Gasteiger partial charge in [0.15, 0.2) is 5.13 Å². The van der Waals surface area contributed by atoms with Crippen LogP contribution in [0.15, 0.2) is 54.6 Å². The Morgan fingerprint density at radius 3 is 2.71 bits per heavy atom. The number of carbonyl (C=O) groups excluding carboxylic acids is 1.